The number of hydrogen-bond acceptors (Lipinski definition) is 0. The van der Waals surface area contributed by atoms with E-state index in [1.54, 1.807) is 49.7 Å². The van der Waals surface area contributed by atoms with Crippen molar-refractivity contribution in [1.29, 1.82) is 0 Å². The van der Waals surface area contributed by atoms with E-state index in [2.05, 4.69) is 27.7 Å². The molecule has 2 saturated carbocycles. The molecule has 0 heterocycles. The van der Waals surface area contributed by atoms with Crippen LogP contribution in [0.2, 0.25) is 0 Å². The van der Waals surface area contributed by atoms with Crippen molar-refractivity contribution in [3.05, 3.63) is 11.1 Å². The molecule has 3 rings (SSSR count). The largest absolute Gasteiger partial charge is 0.0713 e. The van der Waals surface area contributed by atoms with E-state index in [1.165, 1.54) is 38.5 Å². The van der Waals surface area contributed by atoms with Gasteiger partial charge >= 0.3 is 0 Å². The van der Waals surface area contributed by atoms with Crippen LogP contribution in [0.4, 0.5) is 0 Å². The Kier molecular flexibility index (Phi) is 6.50. The van der Waals surface area contributed by atoms with Gasteiger partial charge in [0.05, 0.1) is 0 Å². The average Bonchev–Trinajstić information content (AvgIpc) is 2.64. The molecule has 0 saturated heterocycles. The van der Waals surface area contributed by atoms with Gasteiger partial charge in [-0.15, -0.1) is 0 Å². The lowest BCUT2D eigenvalue weighted by atomic mass is 9.63. The normalized spacial score (nSPS) is 41.5. The second kappa shape index (κ2) is 8.41. The zero-order valence-electron chi connectivity index (χ0n) is 16.9. The Morgan fingerprint density at radius 3 is 1.83 bits per heavy atom. The minimum absolute atomic E-state index is 0.857. The van der Waals surface area contributed by atoms with E-state index < -0.39 is 0 Å². The van der Waals surface area contributed by atoms with E-state index in [-0.39, 0.29) is 0 Å². The van der Waals surface area contributed by atoms with E-state index in [0.29, 0.717) is 0 Å². The highest BCUT2D eigenvalue weighted by Crippen LogP contribution is 2.48. The van der Waals surface area contributed by atoms with Crippen molar-refractivity contribution in [1.82, 2.24) is 0 Å². The number of allylic oxidation sites excluding steroid dienone is 2. The fourth-order valence-corrected chi connectivity index (χ4v) is 6.64. The maximum Gasteiger partial charge on any atom is -0.0201 e. The van der Waals surface area contributed by atoms with Gasteiger partial charge in [0.25, 0.3) is 0 Å². The molecule has 0 aromatic heterocycles. The van der Waals surface area contributed by atoms with Gasteiger partial charge in [-0.3, -0.25) is 0 Å². The Hall–Kier alpha value is -0.260. The molecule has 0 aromatic carbocycles. The molecule has 2 unspecified atom stereocenters. The first-order valence-electron chi connectivity index (χ1n) is 11.3. The maximum atomic E-state index is 2.53. The zero-order chi connectivity index (χ0) is 17.1. The summed E-state index contributed by atoms with van der Waals surface area (Å²) in [7, 11) is 0. The molecule has 0 nitrogen and oxygen atoms in total. The highest BCUT2D eigenvalue weighted by Gasteiger charge is 2.36. The summed E-state index contributed by atoms with van der Waals surface area (Å²) in [6, 6.07) is 0. The van der Waals surface area contributed by atoms with Crippen LogP contribution in [0.3, 0.4) is 0 Å². The van der Waals surface area contributed by atoms with Gasteiger partial charge in [-0.25, -0.2) is 0 Å². The first kappa shape index (κ1) is 18.5. The third-order valence-electron chi connectivity index (χ3n) is 8.65. The predicted molar refractivity (Wildman–Crippen MR) is 106 cm³/mol. The molecule has 0 aliphatic heterocycles. The highest BCUT2D eigenvalue weighted by atomic mass is 14.4. The van der Waals surface area contributed by atoms with Crippen molar-refractivity contribution in [3.8, 4) is 0 Å². The fourth-order valence-electron chi connectivity index (χ4n) is 6.64. The molecule has 2 atom stereocenters. The molecule has 0 radical (unpaired) electrons. The van der Waals surface area contributed by atoms with Gasteiger partial charge in [0.15, 0.2) is 0 Å². The van der Waals surface area contributed by atoms with Gasteiger partial charge in [-0.2, -0.15) is 0 Å². The first-order valence-corrected chi connectivity index (χ1v) is 11.3. The minimum atomic E-state index is 0.857. The smallest absolute Gasteiger partial charge is 0.0201 e. The predicted octanol–water partition coefficient (Wildman–Crippen LogP) is 7.78. The van der Waals surface area contributed by atoms with Gasteiger partial charge in [0, 0.05) is 0 Å². The Bertz CT molecular complexity index is 415. The summed E-state index contributed by atoms with van der Waals surface area (Å²) in [5.74, 6) is 6.12. The van der Waals surface area contributed by atoms with Gasteiger partial charge in [-0.05, 0) is 100 Å². The molecule has 0 heteroatoms. The van der Waals surface area contributed by atoms with E-state index >= 15 is 0 Å². The van der Waals surface area contributed by atoms with E-state index in [0.717, 1.165) is 35.5 Å². The van der Waals surface area contributed by atoms with Crippen molar-refractivity contribution in [3.63, 3.8) is 0 Å². The molecule has 2 fully saturated rings. The molecule has 3 aliphatic rings. The van der Waals surface area contributed by atoms with Crippen LogP contribution >= 0.6 is 0 Å². The summed E-state index contributed by atoms with van der Waals surface area (Å²) in [6.07, 6.45) is 18.0. The van der Waals surface area contributed by atoms with Crippen LogP contribution in [0, 0.1) is 35.5 Å². The van der Waals surface area contributed by atoms with Crippen molar-refractivity contribution < 1.29 is 0 Å². The average molecular weight is 331 g/mol. The number of hydrogen-bond donors (Lipinski definition) is 0. The van der Waals surface area contributed by atoms with Crippen LogP contribution in [0.1, 0.15) is 105 Å². The Morgan fingerprint density at radius 1 is 0.750 bits per heavy atom. The maximum absolute atomic E-state index is 2.53. The van der Waals surface area contributed by atoms with Crippen LogP contribution in [-0.4, -0.2) is 0 Å². The van der Waals surface area contributed by atoms with Crippen LogP contribution in [0.5, 0.6) is 0 Å². The molecule has 138 valence electrons. The van der Waals surface area contributed by atoms with E-state index in [9.17, 15) is 0 Å². The second-order valence-corrected chi connectivity index (χ2v) is 9.50. The third kappa shape index (κ3) is 3.94. The van der Waals surface area contributed by atoms with Crippen molar-refractivity contribution in [2.45, 2.75) is 105 Å². The van der Waals surface area contributed by atoms with E-state index in [4.69, 9.17) is 0 Å². The van der Waals surface area contributed by atoms with Crippen molar-refractivity contribution in [2.24, 2.45) is 35.5 Å². The van der Waals surface area contributed by atoms with Gasteiger partial charge in [0.2, 0.25) is 0 Å². The highest BCUT2D eigenvalue weighted by molar-refractivity contribution is 5.19. The molecular formula is C24H42. The Balaban J connectivity index is 1.50. The summed E-state index contributed by atoms with van der Waals surface area (Å²) in [4.78, 5) is 0. The van der Waals surface area contributed by atoms with E-state index in [1.807, 2.05) is 0 Å². The van der Waals surface area contributed by atoms with Crippen LogP contribution in [0.25, 0.3) is 0 Å². The van der Waals surface area contributed by atoms with Crippen LogP contribution in [0.15, 0.2) is 11.1 Å². The molecule has 0 amide bonds. The van der Waals surface area contributed by atoms with Crippen LogP contribution < -0.4 is 0 Å². The number of rotatable bonds is 4. The molecular weight excluding hydrogens is 288 g/mol. The van der Waals surface area contributed by atoms with Gasteiger partial charge in [0.1, 0.15) is 0 Å². The quantitative estimate of drug-likeness (QED) is 0.461. The van der Waals surface area contributed by atoms with Crippen molar-refractivity contribution in [2.75, 3.05) is 0 Å². The lowest BCUT2D eigenvalue weighted by Crippen LogP contribution is -2.32. The zero-order valence-corrected chi connectivity index (χ0v) is 16.9. The molecule has 24 heavy (non-hydrogen) atoms. The standard InChI is InChI=1S/C24H42/c1-5-19-7-9-21(10-8-19)22-11-13-23(14-12-22)24-16-15-20(6-2)17(3)18(24)4/h18-19,21-24H,5-16H2,1-4H3. The second-order valence-electron chi connectivity index (χ2n) is 9.50. The molecule has 0 bridgehead atoms. The molecule has 0 aromatic rings. The van der Waals surface area contributed by atoms with Gasteiger partial charge < -0.3 is 0 Å². The molecule has 0 N–H and O–H groups in total. The van der Waals surface area contributed by atoms with Crippen LogP contribution in [-0.2, 0) is 0 Å². The lowest BCUT2D eigenvalue weighted by Gasteiger charge is -2.43. The summed E-state index contributed by atoms with van der Waals surface area (Å²) in [5.41, 5.74) is 3.54. The third-order valence-corrected chi connectivity index (χ3v) is 8.65. The summed E-state index contributed by atoms with van der Waals surface area (Å²) < 4.78 is 0. The van der Waals surface area contributed by atoms with Gasteiger partial charge in [-0.1, -0.05) is 51.2 Å². The Labute approximate surface area is 151 Å². The summed E-state index contributed by atoms with van der Waals surface area (Å²) in [6.45, 7) is 9.71. The minimum Gasteiger partial charge on any atom is -0.0713 e. The summed E-state index contributed by atoms with van der Waals surface area (Å²) in [5, 5.41) is 0. The monoisotopic (exact) mass is 330 g/mol. The molecule has 0 spiro atoms. The van der Waals surface area contributed by atoms with Crippen molar-refractivity contribution >= 4 is 0 Å². The fraction of sp³-hybridized carbons (Fsp3) is 0.917. The lowest BCUT2D eigenvalue weighted by molar-refractivity contribution is 0.106. The Morgan fingerprint density at radius 2 is 1.29 bits per heavy atom. The summed E-state index contributed by atoms with van der Waals surface area (Å²) >= 11 is 0. The first-order chi connectivity index (χ1) is 11.6. The molecule has 3 aliphatic carbocycles. The topological polar surface area (TPSA) is 0 Å². The SMILES string of the molecule is CCC1=C(C)C(C)C(C2CCC(C3CCC(CC)CC3)CC2)CC1.